The number of nitrogens with zero attached hydrogens (tertiary/aromatic N) is 1. The van der Waals surface area contributed by atoms with Crippen LogP contribution >= 0.6 is 0 Å². The number of rotatable bonds is 7. The van der Waals surface area contributed by atoms with Gasteiger partial charge in [0, 0.05) is 12.6 Å². The molecule has 1 saturated heterocycles. The minimum absolute atomic E-state index is 0.164. The van der Waals surface area contributed by atoms with Crippen molar-refractivity contribution in [3.05, 3.63) is 35.6 Å². The highest BCUT2D eigenvalue weighted by atomic mass is 19.1. The summed E-state index contributed by atoms with van der Waals surface area (Å²) in [6.45, 7) is 6.02. The van der Waals surface area contributed by atoms with Gasteiger partial charge in [0.1, 0.15) is 5.82 Å². The third kappa shape index (κ3) is 6.12. The lowest BCUT2D eigenvalue weighted by Crippen LogP contribution is -2.43. The van der Waals surface area contributed by atoms with Crippen LogP contribution in [0.3, 0.4) is 0 Å². The largest absolute Gasteiger partial charge is 0.393 e. The third-order valence-corrected chi connectivity index (χ3v) is 4.21. The fraction of sp³-hybridized carbons (Fsp3) is 0.647. The molecule has 2 N–H and O–H groups in total. The Kier molecular flexibility index (Phi) is 6.61. The van der Waals surface area contributed by atoms with Gasteiger partial charge in [-0.3, -0.25) is 0 Å². The van der Waals surface area contributed by atoms with Crippen molar-refractivity contribution in [3.63, 3.8) is 0 Å². The Labute approximate surface area is 127 Å². The van der Waals surface area contributed by atoms with Gasteiger partial charge in [-0.25, -0.2) is 4.39 Å². The van der Waals surface area contributed by atoms with E-state index in [0.29, 0.717) is 6.04 Å². The van der Waals surface area contributed by atoms with Crippen LogP contribution in [0, 0.1) is 5.82 Å². The Morgan fingerprint density at radius 1 is 1.29 bits per heavy atom. The van der Waals surface area contributed by atoms with Crippen molar-refractivity contribution >= 4 is 0 Å². The molecule has 1 fully saturated rings. The molecule has 2 rings (SSSR count). The molecular weight excluding hydrogens is 267 g/mol. The van der Waals surface area contributed by atoms with Crippen molar-refractivity contribution in [1.29, 1.82) is 0 Å². The summed E-state index contributed by atoms with van der Waals surface area (Å²) in [6, 6.07) is 7.41. The molecule has 1 heterocycles. The van der Waals surface area contributed by atoms with Gasteiger partial charge in [0.2, 0.25) is 0 Å². The number of nitrogens with one attached hydrogen (secondary N) is 1. The van der Waals surface area contributed by atoms with E-state index in [1.165, 1.54) is 30.5 Å². The Morgan fingerprint density at radius 2 is 1.95 bits per heavy atom. The highest BCUT2D eigenvalue weighted by molar-refractivity contribution is 5.16. The van der Waals surface area contributed by atoms with E-state index < -0.39 is 0 Å². The molecule has 0 radical (unpaired) electrons. The van der Waals surface area contributed by atoms with E-state index in [9.17, 15) is 9.50 Å². The molecule has 0 spiro atoms. The first-order valence-corrected chi connectivity index (χ1v) is 8.02. The summed E-state index contributed by atoms with van der Waals surface area (Å²) in [5.41, 5.74) is 1.20. The van der Waals surface area contributed by atoms with Gasteiger partial charge in [0.25, 0.3) is 0 Å². The lowest BCUT2D eigenvalue weighted by Gasteiger charge is -2.32. The summed E-state index contributed by atoms with van der Waals surface area (Å²) in [4.78, 5) is 2.48. The topological polar surface area (TPSA) is 35.5 Å². The Bertz CT molecular complexity index is 400. The van der Waals surface area contributed by atoms with E-state index in [0.717, 1.165) is 39.0 Å². The molecule has 1 unspecified atom stereocenters. The molecule has 0 aliphatic carbocycles. The van der Waals surface area contributed by atoms with Gasteiger partial charge < -0.3 is 15.3 Å². The van der Waals surface area contributed by atoms with E-state index in [-0.39, 0.29) is 11.9 Å². The summed E-state index contributed by atoms with van der Waals surface area (Å²) in [5.74, 6) is -0.164. The summed E-state index contributed by atoms with van der Waals surface area (Å²) in [7, 11) is 0. The highest BCUT2D eigenvalue weighted by Gasteiger charge is 2.18. The maximum Gasteiger partial charge on any atom is 0.123 e. The lowest BCUT2D eigenvalue weighted by molar-refractivity contribution is 0.171. The number of aliphatic hydroxyl groups is 1. The van der Waals surface area contributed by atoms with Crippen molar-refractivity contribution < 1.29 is 9.50 Å². The maximum atomic E-state index is 12.8. The Hall–Kier alpha value is -0.970. The predicted molar refractivity (Wildman–Crippen MR) is 83.9 cm³/mol. The van der Waals surface area contributed by atoms with Gasteiger partial charge in [0.05, 0.1) is 6.10 Å². The molecule has 0 aromatic heterocycles. The minimum atomic E-state index is -0.215. The molecule has 118 valence electrons. The zero-order chi connectivity index (χ0) is 15.1. The fourth-order valence-corrected chi connectivity index (χ4v) is 2.80. The fourth-order valence-electron chi connectivity index (χ4n) is 2.80. The first-order valence-electron chi connectivity index (χ1n) is 8.02. The number of halogens is 1. The predicted octanol–water partition coefficient (Wildman–Crippen LogP) is 2.19. The van der Waals surface area contributed by atoms with Gasteiger partial charge in [-0.15, -0.1) is 0 Å². The molecule has 1 aromatic carbocycles. The van der Waals surface area contributed by atoms with Crippen LogP contribution in [0.4, 0.5) is 4.39 Å². The molecule has 4 heteroatoms. The van der Waals surface area contributed by atoms with Gasteiger partial charge in [-0.1, -0.05) is 12.1 Å². The third-order valence-electron chi connectivity index (χ3n) is 4.21. The lowest BCUT2D eigenvalue weighted by atomic mass is 10.0. The molecule has 0 amide bonds. The number of likely N-dealkylation sites (tertiary alicyclic amines) is 1. The summed E-state index contributed by atoms with van der Waals surface area (Å²) >= 11 is 0. The molecule has 21 heavy (non-hydrogen) atoms. The minimum Gasteiger partial charge on any atom is -0.393 e. The SMILES string of the molecule is CC(O)CCNC1CCN(CCc2ccc(F)cc2)CC1. The monoisotopic (exact) mass is 294 g/mol. The van der Waals surface area contributed by atoms with Gasteiger partial charge >= 0.3 is 0 Å². The highest BCUT2D eigenvalue weighted by Crippen LogP contribution is 2.12. The smallest absolute Gasteiger partial charge is 0.123 e. The van der Waals surface area contributed by atoms with Crippen LogP contribution < -0.4 is 5.32 Å². The molecule has 0 saturated carbocycles. The van der Waals surface area contributed by atoms with Crippen LogP contribution in [0.15, 0.2) is 24.3 Å². The van der Waals surface area contributed by atoms with E-state index in [1.54, 1.807) is 0 Å². The first kappa shape index (κ1) is 16.4. The van der Waals surface area contributed by atoms with Gasteiger partial charge in [-0.05, 0) is 69.9 Å². The molecule has 1 aliphatic heterocycles. The maximum absolute atomic E-state index is 12.8. The van der Waals surface area contributed by atoms with Crippen molar-refractivity contribution in [2.75, 3.05) is 26.2 Å². The summed E-state index contributed by atoms with van der Waals surface area (Å²) in [5, 5.41) is 12.8. The quantitative estimate of drug-likeness (QED) is 0.809. The second-order valence-corrected chi connectivity index (χ2v) is 6.08. The van der Waals surface area contributed by atoms with Crippen molar-refractivity contribution in [2.45, 2.75) is 44.8 Å². The average Bonchev–Trinajstić information content (AvgIpc) is 2.48. The molecule has 1 aromatic rings. The molecular formula is C17H27FN2O. The molecule has 1 aliphatic rings. The van der Waals surface area contributed by atoms with E-state index in [4.69, 9.17) is 0 Å². The average molecular weight is 294 g/mol. The summed E-state index contributed by atoms with van der Waals surface area (Å²) < 4.78 is 12.8. The second-order valence-electron chi connectivity index (χ2n) is 6.08. The number of piperidine rings is 1. The van der Waals surface area contributed by atoms with Crippen LogP contribution in [-0.2, 0) is 6.42 Å². The summed E-state index contributed by atoms with van der Waals surface area (Å²) in [6.07, 6.45) is 3.94. The van der Waals surface area contributed by atoms with Crippen molar-refractivity contribution in [2.24, 2.45) is 0 Å². The van der Waals surface area contributed by atoms with E-state index in [1.807, 2.05) is 19.1 Å². The number of benzene rings is 1. The van der Waals surface area contributed by atoms with Crippen LogP contribution in [0.5, 0.6) is 0 Å². The van der Waals surface area contributed by atoms with Gasteiger partial charge in [-0.2, -0.15) is 0 Å². The van der Waals surface area contributed by atoms with Crippen LogP contribution in [-0.4, -0.2) is 48.3 Å². The first-order chi connectivity index (χ1) is 10.1. The Balaban J connectivity index is 1.61. The van der Waals surface area contributed by atoms with E-state index >= 15 is 0 Å². The number of hydrogen-bond acceptors (Lipinski definition) is 3. The zero-order valence-corrected chi connectivity index (χ0v) is 12.9. The Morgan fingerprint density at radius 3 is 2.57 bits per heavy atom. The molecule has 0 bridgehead atoms. The van der Waals surface area contributed by atoms with E-state index in [2.05, 4.69) is 10.2 Å². The van der Waals surface area contributed by atoms with Gasteiger partial charge in [0.15, 0.2) is 0 Å². The van der Waals surface area contributed by atoms with Crippen LogP contribution in [0.25, 0.3) is 0 Å². The van der Waals surface area contributed by atoms with Crippen molar-refractivity contribution in [3.8, 4) is 0 Å². The van der Waals surface area contributed by atoms with Crippen molar-refractivity contribution in [1.82, 2.24) is 10.2 Å². The zero-order valence-electron chi connectivity index (χ0n) is 12.9. The normalized spacial score (nSPS) is 18.8. The second kappa shape index (κ2) is 8.47. The number of aliphatic hydroxyl groups excluding tert-OH is 1. The molecule has 3 nitrogen and oxygen atoms in total. The standard InChI is InChI=1S/C17H27FN2O/c1-14(21)6-10-19-17-8-12-20(13-9-17)11-7-15-2-4-16(18)5-3-15/h2-5,14,17,19,21H,6-13H2,1H3. The van der Waals surface area contributed by atoms with Crippen LogP contribution in [0.1, 0.15) is 31.7 Å². The number of hydrogen-bond donors (Lipinski definition) is 2. The van der Waals surface area contributed by atoms with Crippen LogP contribution in [0.2, 0.25) is 0 Å². The molecule has 1 atom stereocenters.